The maximum absolute atomic E-state index is 13.1. The molecular weight excluding hydrogens is 1350 g/mol. The minimum absolute atomic E-state index is 0.0239. The van der Waals surface area contributed by atoms with Gasteiger partial charge in [-0.2, -0.15) is 0 Å². The first-order chi connectivity index (χ1) is 50.7. The van der Waals surface area contributed by atoms with E-state index in [2.05, 4.69) is 82.4 Å². The summed E-state index contributed by atoms with van der Waals surface area (Å²) in [7, 11) is -9.97. The molecule has 0 aliphatic rings. The lowest BCUT2D eigenvalue weighted by Crippen LogP contribution is -2.30. The number of allylic oxidation sites excluding steroid dienone is 12. The Kier molecular flexibility index (Phi) is 75.0. The van der Waals surface area contributed by atoms with Crippen molar-refractivity contribution in [1.82, 2.24) is 0 Å². The zero-order chi connectivity index (χ0) is 76.0. The van der Waals surface area contributed by atoms with Gasteiger partial charge in [-0.25, -0.2) is 9.13 Å². The van der Waals surface area contributed by atoms with E-state index in [-0.39, 0.29) is 25.7 Å². The molecule has 5 atom stereocenters. The molecule has 0 spiro atoms. The highest BCUT2D eigenvalue weighted by molar-refractivity contribution is 7.47. The summed E-state index contributed by atoms with van der Waals surface area (Å²) in [6, 6.07) is 0. The Morgan fingerprint density at radius 3 is 0.817 bits per heavy atom. The van der Waals surface area contributed by atoms with Crippen molar-refractivity contribution in [1.29, 1.82) is 0 Å². The zero-order valence-corrected chi connectivity index (χ0v) is 68.2. The molecule has 17 nitrogen and oxygen atoms in total. The molecule has 0 fully saturated rings. The van der Waals surface area contributed by atoms with Gasteiger partial charge in [0.05, 0.1) is 26.4 Å². The lowest BCUT2D eigenvalue weighted by molar-refractivity contribution is -0.161. The monoisotopic (exact) mass is 1510 g/mol. The number of unbranched alkanes of at least 4 members (excludes halogenated alkanes) is 42. The summed E-state index contributed by atoms with van der Waals surface area (Å²) in [4.78, 5) is 73.1. The van der Waals surface area contributed by atoms with E-state index in [1.165, 1.54) is 193 Å². The van der Waals surface area contributed by atoms with Gasteiger partial charge in [0, 0.05) is 25.7 Å². The van der Waals surface area contributed by atoms with E-state index in [9.17, 15) is 43.2 Å². The Labute approximate surface area is 634 Å². The van der Waals surface area contributed by atoms with Crippen LogP contribution in [0.1, 0.15) is 387 Å². The van der Waals surface area contributed by atoms with E-state index < -0.39 is 97.5 Å². The lowest BCUT2D eigenvalue weighted by atomic mass is 10.0. The predicted octanol–water partition coefficient (Wildman–Crippen LogP) is 24.8. The number of esters is 4. The van der Waals surface area contributed by atoms with Crippen LogP contribution in [0.4, 0.5) is 0 Å². The summed E-state index contributed by atoms with van der Waals surface area (Å²) >= 11 is 0. The standard InChI is InChI=1S/C85H154O17P2/c1-5-9-13-17-21-25-29-33-37-38-39-40-44-48-52-56-60-64-68-72-85(90)102-81(76-96-83(88)70-66-62-58-54-50-46-42-35-31-27-23-19-15-11-7-3)78-100-104(93,94)98-74-79(86)73-97-103(91,92)99-77-80(101-84(89)71-67-63-59-55-51-47-43-36-32-28-24-20-16-12-8-4)75-95-82(87)69-65-61-57-53-49-45-41-34-30-26-22-18-14-10-6-2/h21,25-26,30,33,37,39-40,48,52,60,64,79-81,86H,5-20,22-24,27-29,31-32,34-36,38,41-47,49-51,53-59,61-63,65-78H2,1-4H3,(H,91,92)(H,93,94)/b25-21-,30-26-,37-33-,40-39-,52-48-,64-60-/t79-,80-,81-/m1/s1. The SMILES string of the molecule is CCCCC/C=C\C/C=C\C/C=C\C/C=C\C/C=C\CCC(=O)O[C@H](COC(=O)CCCCCCCCCCCCCCCCC)COP(=O)(O)OC[C@H](O)COP(=O)(O)OC[C@@H](COC(=O)CCCCCCCCC/C=C\CCCCCC)OC(=O)CCCCCCCCCCCCCCCCC. The normalized spacial score (nSPS) is 14.2. The Morgan fingerprint density at radius 2 is 0.490 bits per heavy atom. The summed E-state index contributed by atoms with van der Waals surface area (Å²) < 4.78 is 68.7. The van der Waals surface area contributed by atoms with E-state index in [0.717, 1.165) is 109 Å². The number of rotatable bonds is 80. The van der Waals surface area contributed by atoms with Crippen molar-refractivity contribution in [2.24, 2.45) is 0 Å². The maximum Gasteiger partial charge on any atom is 0.472 e. The smallest absolute Gasteiger partial charge is 0.462 e. The Morgan fingerprint density at radius 1 is 0.269 bits per heavy atom. The van der Waals surface area contributed by atoms with Gasteiger partial charge in [-0.1, -0.05) is 345 Å². The summed E-state index contributed by atoms with van der Waals surface area (Å²) in [6.07, 6.45) is 80.2. The largest absolute Gasteiger partial charge is 0.472 e. The van der Waals surface area contributed by atoms with Crippen LogP contribution in [-0.2, 0) is 65.4 Å². The average Bonchev–Trinajstić information content (AvgIpc) is 0.943. The number of carbonyl (C=O) groups excluding carboxylic acids is 4. The van der Waals surface area contributed by atoms with Crippen molar-refractivity contribution in [2.45, 2.75) is 406 Å². The number of phosphoric acid groups is 2. The molecule has 0 aromatic rings. The first-order valence-corrected chi connectivity index (χ1v) is 45.2. The second-order valence-electron chi connectivity index (χ2n) is 28.4. The van der Waals surface area contributed by atoms with Gasteiger partial charge in [0.1, 0.15) is 19.3 Å². The molecule has 0 radical (unpaired) electrons. The van der Waals surface area contributed by atoms with Crippen LogP contribution in [0, 0.1) is 0 Å². The van der Waals surface area contributed by atoms with Gasteiger partial charge < -0.3 is 33.8 Å². The zero-order valence-electron chi connectivity index (χ0n) is 66.5. The summed E-state index contributed by atoms with van der Waals surface area (Å²) in [5.41, 5.74) is 0. The molecule has 0 amide bonds. The van der Waals surface area contributed by atoms with E-state index >= 15 is 0 Å². The van der Waals surface area contributed by atoms with Gasteiger partial charge in [0.2, 0.25) is 0 Å². The van der Waals surface area contributed by atoms with Gasteiger partial charge in [-0.05, 0) is 89.9 Å². The molecule has 0 saturated carbocycles. The third kappa shape index (κ3) is 76.7. The van der Waals surface area contributed by atoms with Crippen LogP contribution in [0.5, 0.6) is 0 Å². The van der Waals surface area contributed by atoms with Gasteiger partial charge >= 0.3 is 39.5 Å². The first-order valence-electron chi connectivity index (χ1n) is 42.2. The fourth-order valence-corrected chi connectivity index (χ4v) is 13.3. The highest BCUT2D eigenvalue weighted by Gasteiger charge is 2.30. The predicted molar refractivity (Wildman–Crippen MR) is 427 cm³/mol. The van der Waals surface area contributed by atoms with Crippen molar-refractivity contribution in [2.75, 3.05) is 39.6 Å². The number of phosphoric ester groups is 2. The van der Waals surface area contributed by atoms with Gasteiger partial charge in [-0.15, -0.1) is 0 Å². The van der Waals surface area contributed by atoms with Crippen molar-refractivity contribution in [3.63, 3.8) is 0 Å². The number of aliphatic hydroxyl groups excluding tert-OH is 1. The third-order valence-electron chi connectivity index (χ3n) is 18.2. The fraction of sp³-hybridized carbons (Fsp3) is 0.812. The Bertz CT molecular complexity index is 2250. The first kappa shape index (κ1) is 100. The van der Waals surface area contributed by atoms with Crippen LogP contribution in [0.15, 0.2) is 72.9 Å². The molecular formula is C85H154O17P2. The van der Waals surface area contributed by atoms with E-state index in [0.29, 0.717) is 32.1 Å². The molecule has 19 heteroatoms. The van der Waals surface area contributed by atoms with Crippen LogP contribution < -0.4 is 0 Å². The second kappa shape index (κ2) is 77.7. The lowest BCUT2D eigenvalue weighted by Gasteiger charge is -2.21. The summed E-state index contributed by atoms with van der Waals surface area (Å²) in [6.45, 7) is 4.84. The minimum atomic E-state index is -4.99. The minimum Gasteiger partial charge on any atom is -0.462 e. The topological polar surface area (TPSA) is 237 Å². The summed E-state index contributed by atoms with van der Waals surface area (Å²) in [5, 5.41) is 10.7. The number of ether oxygens (including phenoxy) is 4. The van der Waals surface area contributed by atoms with Crippen LogP contribution in [0.2, 0.25) is 0 Å². The number of aliphatic hydroxyl groups is 1. The van der Waals surface area contributed by atoms with Crippen LogP contribution in [0.25, 0.3) is 0 Å². The number of hydrogen-bond acceptors (Lipinski definition) is 15. The molecule has 0 aromatic heterocycles. The third-order valence-corrected chi connectivity index (χ3v) is 20.1. The van der Waals surface area contributed by atoms with E-state index in [1.807, 2.05) is 18.2 Å². The van der Waals surface area contributed by atoms with Crippen molar-refractivity contribution < 1.29 is 80.2 Å². The average molecular weight is 1510 g/mol. The molecule has 0 aliphatic heterocycles. The van der Waals surface area contributed by atoms with Crippen LogP contribution >= 0.6 is 15.6 Å². The van der Waals surface area contributed by atoms with E-state index in [4.69, 9.17) is 37.0 Å². The number of carbonyl (C=O) groups is 4. The molecule has 2 unspecified atom stereocenters. The highest BCUT2D eigenvalue weighted by Crippen LogP contribution is 2.45. The Balaban J connectivity index is 5.40. The number of hydrogen-bond donors (Lipinski definition) is 3. The Hall–Kier alpha value is -3.50. The van der Waals surface area contributed by atoms with Crippen molar-refractivity contribution in [3.8, 4) is 0 Å². The highest BCUT2D eigenvalue weighted by atomic mass is 31.2. The molecule has 3 N–H and O–H groups in total. The quantitative estimate of drug-likeness (QED) is 0.0169. The molecule has 0 aliphatic carbocycles. The maximum atomic E-state index is 13.1. The molecule has 0 heterocycles. The summed E-state index contributed by atoms with van der Waals surface area (Å²) in [5.74, 6) is -2.24. The van der Waals surface area contributed by atoms with Crippen molar-refractivity contribution >= 4 is 39.5 Å². The fourth-order valence-electron chi connectivity index (χ4n) is 11.7. The molecule has 0 saturated heterocycles. The van der Waals surface area contributed by atoms with Crippen molar-refractivity contribution in [3.05, 3.63) is 72.9 Å². The second-order valence-corrected chi connectivity index (χ2v) is 31.3. The van der Waals surface area contributed by atoms with E-state index in [1.54, 1.807) is 0 Å². The molecule has 0 aromatic carbocycles. The van der Waals surface area contributed by atoms with Gasteiger partial charge in [0.25, 0.3) is 0 Å². The van der Waals surface area contributed by atoms with Crippen LogP contribution in [0.3, 0.4) is 0 Å². The molecule has 104 heavy (non-hydrogen) atoms. The molecule has 0 bridgehead atoms. The molecule has 606 valence electrons. The van der Waals surface area contributed by atoms with Gasteiger partial charge in [0.15, 0.2) is 12.2 Å². The van der Waals surface area contributed by atoms with Crippen LogP contribution in [-0.4, -0.2) is 96.7 Å². The molecule has 0 rings (SSSR count). The van der Waals surface area contributed by atoms with Gasteiger partial charge in [-0.3, -0.25) is 37.3 Å².